The van der Waals surface area contributed by atoms with Crippen molar-refractivity contribution in [1.29, 1.82) is 0 Å². The second-order valence-electron chi connectivity index (χ2n) is 9.92. The quantitative estimate of drug-likeness (QED) is 0.120. The first-order valence-electron chi connectivity index (χ1n) is 14.3. The van der Waals surface area contributed by atoms with E-state index in [4.69, 9.17) is 32.7 Å². The van der Waals surface area contributed by atoms with Crippen LogP contribution in [0.25, 0.3) is 21.5 Å². The second-order valence-corrected chi connectivity index (χ2v) is 10.7. The highest BCUT2D eigenvalue weighted by Gasteiger charge is 2.20. The van der Waals surface area contributed by atoms with E-state index in [1.165, 1.54) is 77.0 Å². The van der Waals surface area contributed by atoms with Crippen molar-refractivity contribution in [2.24, 2.45) is 0 Å². The van der Waals surface area contributed by atoms with Crippen LogP contribution in [-0.4, -0.2) is 13.2 Å². The summed E-state index contributed by atoms with van der Waals surface area (Å²) in [4.78, 5) is 0. The Morgan fingerprint density at radius 3 is 1.33 bits per heavy atom. The number of fused-ring (bicyclic) bond motifs is 2. The predicted molar refractivity (Wildman–Crippen MR) is 158 cm³/mol. The van der Waals surface area contributed by atoms with Gasteiger partial charge in [-0.25, -0.2) is 0 Å². The number of halogens is 2. The summed E-state index contributed by atoms with van der Waals surface area (Å²) < 4.78 is 12.9. The first-order chi connectivity index (χ1) is 17.7. The fourth-order valence-corrected chi connectivity index (χ4v) is 5.45. The molecule has 0 aliphatic carbocycles. The third-order valence-electron chi connectivity index (χ3n) is 6.96. The van der Waals surface area contributed by atoms with Gasteiger partial charge in [-0.3, -0.25) is 0 Å². The van der Waals surface area contributed by atoms with E-state index >= 15 is 0 Å². The molecule has 0 saturated heterocycles. The van der Waals surface area contributed by atoms with Crippen molar-refractivity contribution in [2.75, 3.05) is 13.2 Å². The predicted octanol–water partition coefficient (Wildman–Crippen LogP) is 11.6. The van der Waals surface area contributed by atoms with Gasteiger partial charge in [0.05, 0.1) is 23.3 Å². The number of ether oxygens (including phenoxy) is 2. The van der Waals surface area contributed by atoms with Crippen molar-refractivity contribution in [1.82, 2.24) is 0 Å². The average Bonchev–Trinajstić information content (AvgIpc) is 2.88. The number of hydrogen-bond acceptors (Lipinski definition) is 2. The highest BCUT2D eigenvalue weighted by Crippen LogP contribution is 2.47. The topological polar surface area (TPSA) is 18.5 Å². The molecule has 3 aromatic carbocycles. The summed E-state index contributed by atoms with van der Waals surface area (Å²) in [5.41, 5.74) is 0. The Hall–Kier alpha value is -1.64. The fraction of sp³-hybridized carbons (Fsp3) is 0.562. The molecule has 0 radical (unpaired) electrons. The highest BCUT2D eigenvalue weighted by molar-refractivity contribution is 6.40. The zero-order chi connectivity index (χ0) is 25.6. The number of rotatable bonds is 18. The van der Waals surface area contributed by atoms with Gasteiger partial charge in [0.1, 0.15) is 11.5 Å². The normalized spacial score (nSPS) is 11.4. The van der Waals surface area contributed by atoms with E-state index in [1.54, 1.807) is 0 Å². The monoisotopic (exact) mass is 530 g/mol. The Morgan fingerprint density at radius 2 is 0.889 bits per heavy atom. The number of unbranched alkanes of at least 4 members (excludes halogenated alkanes) is 12. The molecule has 3 aromatic rings. The van der Waals surface area contributed by atoms with Crippen LogP contribution in [0.5, 0.6) is 11.5 Å². The summed E-state index contributed by atoms with van der Waals surface area (Å²) in [5, 5.41) is 5.13. The van der Waals surface area contributed by atoms with Crippen molar-refractivity contribution in [3.05, 3.63) is 46.4 Å². The Labute approximate surface area is 228 Å². The van der Waals surface area contributed by atoms with E-state index in [9.17, 15) is 0 Å². The maximum Gasteiger partial charge on any atom is 0.138 e. The Kier molecular flexibility index (Phi) is 13.1. The molecule has 2 nitrogen and oxygen atoms in total. The molecule has 3 rings (SSSR count). The van der Waals surface area contributed by atoms with Gasteiger partial charge in [0.15, 0.2) is 0 Å². The second kappa shape index (κ2) is 16.3. The molecule has 0 saturated carbocycles. The summed E-state index contributed by atoms with van der Waals surface area (Å²) in [6.45, 7) is 5.86. The molecule has 198 valence electrons. The lowest BCUT2D eigenvalue weighted by atomic mass is 10.00. The van der Waals surface area contributed by atoms with Gasteiger partial charge in [0.25, 0.3) is 0 Å². The number of hydrogen-bond donors (Lipinski definition) is 0. The molecule has 0 N–H and O–H groups in total. The van der Waals surface area contributed by atoms with Crippen LogP contribution in [0, 0.1) is 0 Å². The molecule has 0 aliphatic rings. The molecule has 36 heavy (non-hydrogen) atoms. The van der Waals surface area contributed by atoms with Gasteiger partial charge in [0.2, 0.25) is 0 Å². The lowest BCUT2D eigenvalue weighted by Crippen LogP contribution is -2.03. The van der Waals surface area contributed by atoms with Crippen molar-refractivity contribution in [3.8, 4) is 11.5 Å². The first kappa shape index (κ1) is 28.9. The van der Waals surface area contributed by atoms with Gasteiger partial charge in [-0.15, -0.1) is 0 Å². The Balaban J connectivity index is 1.76. The van der Waals surface area contributed by atoms with E-state index in [2.05, 4.69) is 26.0 Å². The van der Waals surface area contributed by atoms with Crippen LogP contribution in [0.3, 0.4) is 0 Å². The van der Waals surface area contributed by atoms with Gasteiger partial charge in [-0.2, -0.15) is 0 Å². The lowest BCUT2D eigenvalue weighted by Gasteiger charge is -2.19. The SMILES string of the molecule is CCCCCCCCCOc1c2cccc(Cl)c2c(OCCCCCCCCC)c2c(Cl)cccc12. The zero-order valence-corrected chi connectivity index (χ0v) is 23.9. The Morgan fingerprint density at radius 1 is 0.500 bits per heavy atom. The highest BCUT2D eigenvalue weighted by atomic mass is 35.5. The van der Waals surface area contributed by atoms with Gasteiger partial charge < -0.3 is 9.47 Å². The molecule has 0 unspecified atom stereocenters. The first-order valence-corrected chi connectivity index (χ1v) is 15.0. The van der Waals surface area contributed by atoms with Crippen LogP contribution >= 0.6 is 23.2 Å². The largest absolute Gasteiger partial charge is 0.492 e. The molecular weight excluding hydrogens is 487 g/mol. The minimum absolute atomic E-state index is 0.659. The smallest absolute Gasteiger partial charge is 0.138 e. The molecule has 0 fully saturated rings. The fourth-order valence-electron chi connectivity index (χ4n) is 4.92. The molecule has 0 atom stereocenters. The standard InChI is InChI=1S/C32H44Cl2O2/c1-3-5-7-9-11-13-15-23-35-31-25-19-17-21-27(33)29(25)32(30-26(31)20-18-22-28(30)34)36-24-16-14-12-10-8-6-4-2/h17-22H,3-16,23-24H2,1-2H3. The minimum Gasteiger partial charge on any atom is -0.492 e. The van der Waals surface area contributed by atoms with Crippen molar-refractivity contribution in [3.63, 3.8) is 0 Å². The van der Waals surface area contributed by atoms with Crippen molar-refractivity contribution < 1.29 is 9.47 Å². The summed E-state index contributed by atoms with van der Waals surface area (Å²) in [6, 6.07) is 12.0. The lowest BCUT2D eigenvalue weighted by molar-refractivity contribution is 0.306. The summed E-state index contributed by atoms with van der Waals surface area (Å²) in [5.74, 6) is 1.64. The summed E-state index contributed by atoms with van der Waals surface area (Å²) in [6.07, 6.45) is 17.5. The molecule has 0 aliphatic heterocycles. The number of benzene rings is 3. The molecule has 0 heterocycles. The van der Waals surface area contributed by atoms with Crippen LogP contribution in [0.2, 0.25) is 10.0 Å². The van der Waals surface area contributed by atoms with Crippen LogP contribution in [0.15, 0.2) is 36.4 Å². The molecule has 4 heteroatoms. The zero-order valence-electron chi connectivity index (χ0n) is 22.4. The van der Waals surface area contributed by atoms with E-state index in [0.717, 1.165) is 45.9 Å². The molecule has 0 amide bonds. The third kappa shape index (κ3) is 8.18. The van der Waals surface area contributed by atoms with Gasteiger partial charge in [-0.05, 0) is 25.0 Å². The average molecular weight is 532 g/mol. The van der Waals surface area contributed by atoms with E-state index in [-0.39, 0.29) is 0 Å². The Bertz CT molecular complexity index is 1000. The summed E-state index contributed by atoms with van der Waals surface area (Å²) >= 11 is 13.5. The molecular formula is C32H44Cl2O2. The summed E-state index contributed by atoms with van der Waals surface area (Å²) in [7, 11) is 0. The molecule has 0 spiro atoms. The van der Waals surface area contributed by atoms with Gasteiger partial charge in [-0.1, -0.05) is 138 Å². The van der Waals surface area contributed by atoms with Crippen LogP contribution in [0.4, 0.5) is 0 Å². The van der Waals surface area contributed by atoms with Crippen LogP contribution in [-0.2, 0) is 0 Å². The molecule has 0 bridgehead atoms. The maximum absolute atomic E-state index is 6.76. The van der Waals surface area contributed by atoms with Gasteiger partial charge >= 0.3 is 0 Å². The van der Waals surface area contributed by atoms with Crippen molar-refractivity contribution in [2.45, 2.75) is 104 Å². The molecule has 0 aromatic heterocycles. The van der Waals surface area contributed by atoms with E-state index < -0.39 is 0 Å². The third-order valence-corrected chi connectivity index (χ3v) is 7.59. The van der Waals surface area contributed by atoms with Crippen LogP contribution < -0.4 is 9.47 Å². The van der Waals surface area contributed by atoms with Crippen molar-refractivity contribution >= 4 is 44.7 Å². The van der Waals surface area contributed by atoms with E-state index in [1.807, 2.05) is 24.3 Å². The van der Waals surface area contributed by atoms with E-state index in [0.29, 0.717) is 23.3 Å². The minimum atomic E-state index is 0.659. The van der Waals surface area contributed by atoms with Gasteiger partial charge in [0, 0.05) is 21.5 Å². The maximum atomic E-state index is 6.76. The van der Waals surface area contributed by atoms with Crippen LogP contribution in [0.1, 0.15) is 104 Å².